The molecule has 0 radical (unpaired) electrons. The van der Waals surface area contributed by atoms with Crippen LogP contribution in [0.4, 0.5) is 0 Å². The monoisotopic (exact) mass is 384 g/mol. The van der Waals surface area contributed by atoms with Gasteiger partial charge in [0.2, 0.25) is 0 Å². The SMILES string of the molecule is Cc1nc2ccccc2n1-c1ccc(C(=O)N(C)C2CCNCC2)cc1.Cl. The Morgan fingerprint density at radius 2 is 1.78 bits per heavy atom. The van der Waals surface area contributed by atoms with Crippen LogP contribution < -0.4 is 5.32 Å². The van der Waals surface area contributed by atoms with Gasteiger partial charge in [-0.05, 0) is 69.3 Å². The second-order valence-corrected chi connectivity index (χ2v) is 6.93. The van der Waals surface area contributed by atoms with Gasteiger partial charge in [0, 0.05) is 24.3 Å². The van der Waals surface area contributed by atoms with Crippen molar-refractivity contribution in [3.8, 4) is 5.69 Å². The average molecular weight is 385 g/mol. The molecular weight excluding hydrogens is 360 g/mol. The lowest BCUT2D eigenvalue weighted by Gasteiger charge is -2.31. The molecule has 142 valence electrons. The minimum absolute atomic E-state index is 0. The van der Waals surface area contributed by atoms with Gasteiger partial charge < -0.3 is 10.2 Å². The summed E-state index contributed by atoms with van der Waals surface area (Å²) < 4.78 is 2.13. The van der Waals surface area contributed by atoms with E-state index in [9.17, 15) is 4.79 Å². The first-order valence-corrected chi connectivity index (χ1v) is 9.17. The van der Waals surface area contributed by atoms with Crippen molar-refractivity contribution in [3.63, 3.8) is 0 Å². The van der Waals surface area contributed by atoms with Gasteiger partial charge in [-0.3, -0.25) is 9.36 Å². The highest BCUT2D eigenvalue weighted by atomic mass is 35.5. The number of rotatable bonds is 3. The number of para-hydroxylation sites is 2. The number of nitrogens with one attached hydrogen (secondary N) is 1. The number of amides is 1. The standard InChI is InChI=1S/C21H24N4O.ClH/c1-15-23-19-5-3-4-6-20(19)25(15)18-9-7-16(8-10-18)21(26)24(2)17-11-13-22-14-12-17;/h3-10,17,22H,11-14H2,1-2H3;1H. The third-order valence-electron chi connectivity index (χ3n) is 5.28. The number of aromatic nitrogens is 2. The van der Waals surface area contributed by atoms with Crippen LogP contribution in [0.2, 0.25) is 0 Å². The number of piperidine rings is 1. The molecule has 0 unspecified atom stereocenters. The first-order valence-electron chi connectivity index (χ1n) is 9.17. The molecule has 1 amide bonds. The molecule has 1 saturated heterocycles. The van der Waals surface area contributed by atoms with E-state index < -0.39 is 0 Å². The molecule has 0 saturated carbocycles. The predicted molar refractivity (Wildman–Crippen MR) is 111 cm³/mol. The van der Waals surface area contributed by atoms with Crippen molar-refractivity contribution in [3.05, 3.63) is 59.9 Å². The van der Waals surface area contributed by atoms with E-state index >= 15 is 0 Å². The summed E-state index contributed by atoms with van der Waals surface area (Å²) >= 11 is 0. The van der Waals surface area contributed by atoms with Gasteiger partial charge in [0.15, 0.2) is 0 Å². The van der Waals surface area contributed by atoms with Crippen molar-refractivity contribution in [2.24, 2.45) is 0 Å². The lowest BCUT2D eigenvalue weighted by atomic mass is 10.0. The Bertz CT molecular complexity index is 929. The minimum Gasteiger partial charge on any atom is -0.339 e. The summed E-state index contributed by atoms with van der Waals surface area (Å²) in [6.45, 7) is 3.96. The van der Waals surface area contributed by atoms with Crippen molar-refractivity contribution in [1.82, 2.24) is 19.8 Å². The van der Waals surface area contributed by atoms with Gasteiger partial charge in [-0.15, -0.1) is 12.4 Å². The topological polar surface area (TPSA) is 50.2 Å². The summed E-state index contributed by atoms with van der Waals surface area (Å²) in [4.78, 5) is 19.3. The number of hydrogen-bond donors (Lipinski definition) is 1. The minimum atomic E-state index is 0. The van der Waals surface area contributed by atoms with Crippen molar-refractivity contribution >= 4 is 29.3 Å². The molecule has 0 spiro atoms. The third kappa shape index (κ3) is 3.70. The number of aryl methyl sites for hydroxylation is 1. The van der Waals surface area contributed by atoms with Crippen LogP contribution in [0.1, 0.15) is 29.0 Å². The molecule has 5 nitrogen and oxygen atoms in total. The van der Waals surface area contributed by atoms with Gasteiger partial charge in [-0.2, -0.15) is 0 Å². The quantitative estimate of drug-likeness (QED) is 0.750. The Morgan fingerprint density at radius 3 is 2.48 bits per heavy atom. The Morgan fingerprint density at radius 1 is 1.11 bits per heavy atom. The fourth-order valence-corrected chi connectivity index (χ4v) is 3.79. The number of benzene rings is 2. The summed E-state index contributed by atoms with van der Waals surface area (Å²) in [5.41, 5.74) is 3.82. The van der Waals surface area contributed by atoms with E-state index in [2.05, 4.69) is 20.9 Å². The number of fused-ring (bicyclic) bond motifs is 1. The molecule has 2 aromatic carbocycles. The molecule has 0 atom stereocenters. The molecule has 1 aromatic heterocycles. The maximum absolute atomic E-state index is 12.8. The number of carbonyl (C=O) groups is 1. The van der Waals surface area contributed by atoms with Gasteiger partial charge in [-0.1, -0.05) is 12.1 Å². The molecule has 3 aromatic rings. The van der Waals surface area contributed by atoms with Crippen molar-refractivity contribution in [2.45, 2.75) is 25.8 Å². The van der Waals surface area contributed by atoms with Gasteiger partial charge in [-0.25, -0.2) is 4.98 Å². The first kappa shape index (κ1) is 19.4. The zero-order valence-corrected chi connectivity index (χ0v) is 16.5. The zero-order valence-electron chi connectivity index (χ0n) is 15.7. The maximum atomic E-state index is 12.8. The molecule has 1 aliphatic rings. The van der Waals surface area contributed by atoms with Crippen LogP contribution in [-0.2, 0) is 0 Å². The van der Waals surface area contributed by atoms with Crippen molar-refractivity contribution in [2.75, 3.05) is 20.1 Å². The molecular formula is C21H25ClN4O. The van der Waals surface area contributed by atoms with Crippen LogP contribution in [0.5, 0.6) is 0 Å². The Hall–Kier alpha value is -2.37. The normalized spacial score (nSPS) is 14.7. The molecule has 2 heterocycles. The summed E-state index contributed by atoms with van der Waals surface area (Å²) in [7, 11) is 1.92. The van der Waals surface area contributed by atoms with Crippen molar-refractivity contribution < 1.29 is 4.79 Å². The number of carbonyl (C=O) groups excluding carboxylic acids is 1. The van der Waals surface area contributed by atoms with Gasteiger partial charge >= 0.3 is 0 Å². The van der Waals surface area contributed by atoms with E-state index in [0.717, 1.165) is 54.0 Å². The summed E-state index contributed by atoms with van der Waals surface area (Å²) in [5, 5.41) is 3.34. The average Bonchev–Trinajstić information content (AvgIpc) is 3.03. The summed E-state index contributed by atoms with van der Waals surface area (Å²) in [6.07, 6.45) is 2.03. The highest BCUT2D eigenvalue weighted by molar-refractivity contribution is 5.94. The van der Waals surface area contributed by atoms with E-state index in [4.69, 9.17) is 0 Å². The first-order chi connectivity index (χ1) is 12.6. The van der Waals surface area contributed by atoms with Crippen LogP contribution in [0.25, 0.3) is 16.7 Å². The van der Waals surface area contributed by atoms with Gasteiger partial charge in [0.1, 0.15) is 5.82 Å². The number of nitrogens with zero attached hydrogens (tertiary/aromatic N) is 3. The molecule has 1 fully saturated rings. The van der Waals surface area contributed by atoms with Crippen LogP contribution >= 0.6 is 12.4 Å². The zero-order chi connectivity index (χ0) is 18.1. The van der Waals surface area contributed by atoms with E-state index in [1.54, 1.807) is 0 Å². The highest BCUT2D eigenvalue weighted by Crippen LogP contribution is 2.22. The maximum Gasteiger partial charge on any atom is 0.253 e. The van der Waals surface area contributed by atoms with E-state index in [0.29, 0.717) is 6.04 Å². The number of hydrogen-bond acceptors (Lipinski definition) is 3. The molecule has 1 N–H and O–H groups in total. The van der Waals surface area contributed by atoms with Crippen LogP contribution in [-0.4, -0.2) is 46.5 Å². The lowest BCUT2D eigenvalue weighted by molar-refractivity contribution is 0.0703. The lowest BCUT2D eigenvalue weighted by Crippen LogP contribution is -2.43. The van der Waals surface area contributed by atoms with Crippen LogP contribution in [0, 0.1) is 6.92 Å². The Balaban J connectivity index is 0.00000210. The second-order valence-electron chi connectivity index (χ2n) is 6.93. The number of halogens is 1. The van der Waals surface area contributed by atoms with E-state index in [1.165, 1.54) is 0 Å². The van der Waals surface area contributed by atoms with Gasteiger partial charge in [0.05, 0.1) is 11.0 Å². The molecule has 6 heteroatoms. The van der Waals surface area contributed by atoms with Crippen LogP contribution in [0.3, 0.4) is 0 Å². The van der Waals surface area contributed by atoms with E-state index in [1.807, 2.05) is 61.3 Å². The predicted octanol–water partition coefficient (Wildman–Crippen LogP) is 3.58. The Labute approximate surface area is 165 Å². The molecule has 27 heavy (non-hydrogen) atoms. The highest BCUT2D eigenvalue weighted by Gasteiger charge is 2.22. The fourth-order valence-electron chi connectivity index (χ4n) is 3.79. The molecule has 0 bridgehead atoms. The third-order valence-corrected chi connectivity index (χ3v) is 5.28. The Kier molecular flexibility index (Phi) is 5.82. The number of imidazole rings is 1. The van der Waals surface area contributed by atoms with Gasteiger partial charge in [0.25, 0.3) is 5.91 Å². The largest absolute Gasteiger partial charge is 0.339 e. The summed E-state index contributed by atoms with van der Waals surface area (Å²) in [6, 6.07) is 16.3. The molecule has 4 rings (SSSR count). The van der Waals surface area contributed by atoms with Crippen molar-refractivity contribution in [1.29, 1.82) is 0 Å². The fraction of sp³-hybridized carbons (Fsp3) is 0.333. The van der Waals surface area contributed by atoms with Crippen LogP contribution in [0.15, 0.2) is 48.5 Å². The second kappa shape index (κ2) is 8.11. The smallest absolute Gasteiger partial charge is 0.253 e. The molecule has 1 aliphatic heterocycles. The van der Waals surface area contributed by atoms with E-state index in [-0.39, 0.29) is 18.3 Å². The molecule has 0 aliphatic carbocycles. The summed E-state index contributed by atoms with van der Waals surface area (Å²) in [5.74, 6) is 1.03.